The van der Waals surface area contributed by atoms with Gasteiger partial charge in [0.25, 0.3) is 5.91 Å². The SMILES string of the molecule is O=C(N[C@@H]1CC(Cn2cccn2)C[C@H]1O)c1ccnc(-n2cccc2)c1. The van der Waals surface area contributed by atoms with E-state index in [2.05, 4.69) is 15.4 Å². The lowest BCUT2D eigenvalue weighted by molar-refractivity contribution is 0.0872. The molecule has 7 heteroatoms. The Labute approximate surface area is 151 Å². The van der Waals surface area contributed by atoms with Gasteiger partial charge in [0, 0.05) is 43.1 Å². The van der Waals surface area contributed by atoms with Crippen molar-refractivity contribution in [3.05, 3.63) is 66.9 Å². The van der Waals surface area contributed by atoms with Gasteiger partial charge in [-0.2, -0.15) is 5.10 Å². The molecule has 3 heterocycles. The van der Waals surface area contributed by atoms with Gasteiger partial charge in [0.05, 0.1) is 12.1 Å². The molecule has 3 aromatic rings. The van der Waals surface area contributed by atoms with Crippen LogP contribution in [0.1, 0.15) is 23.2 Å². The summed E-state index contributed by atoms with van der Waals surface area (Å²) in [7, 11) is 0. The summed E-state index contributed by atoms with van der Waals surface area (Å²) in [5.74, 6) is 0.791. The zero-order chi connectivity index (χ0) is 17.9. The van der Waals surface area contributed by atoms with E-state index in [0.717, 1.165) is 13.0 Å². The van der Waals surface area contributed by atoms with Gasteiger partial charge < -0.3 is 15.0 Å². The third kappa shape index (κ3) is 3.52. The van der Waals surface area contributed by atoms with E-state index in [4.69, 9.17) is 0 Å². The van der Waals surface area contributed by atoms with Crippen molar-refractivity contribution in [2.24, 2.45) is 5.92 Å². The number of carbonyl (C=O) groups is 1. The number of pyridine rings is 1. The van der Waals surface area contributed by atoms with Crippen molar-refractivity contribution >= 4 is 5.91 Å². The number of hydrogen-bond donors (Lipinski definition) is 2. The summed E-state index contributed by atoms with van der Waals surface area (Å²) in [6.45, 7) is 0.753. The maximum absolute atomic E-state index is 12.6. The molecule has 1 saturated carbocycles. The zero-order valence-electron chi connectivity index (χ0n) is 14.3. The topological polar surface area (TPSA) is 85.0 Å². The van der Waals surface area contributed by atoms with E-state index in [1.807, 2.05) is 46.0 Å². The average Bonchev–Trinajstić information content (AvgIpc) is 3.39. The van der Waals surface area contributed by atoms with Crippen molar-refractivity contribution in [2.75, 3.05) is 0 Å². The van der Waals surface area contributed by atoms with Crippen LogP contribution < -0.4 is 5.32 Å². The third-order valence-corrected chi connectivity index (χ3v) is 4.82. The number of nitrogens with zero attached hydrogens (tertiary/aromatic N) is 4. The highest BCUT2D eigenvalue weighted by molar-refractivity contribution is 5.94. The molecule has 0 radical (unpaired) electrons. The Morgan fingerprint density at radius 3 is 2.81 bits per heavy atom. The van der Waals surface area contributed by atoms with Crippen molar-refractivity contribution < 1.29 is 9.90 Å². The highest BCUT2D eigenvalue weighted by Crippen LogP contribution is 2.27. The second-order valence-electron chi connectivity index (χ2n) is 6.71. The molecule has 0 bridgehead atoms. The van der Waals surface area contributed by atoms with Gasteiger partial charge in [-0.3, -0.25) is 9.48 Å². The Morgan fingerprint density at radius 1 is 1.19 bits per heavy atom. The quantitative estimate of drug-likeness (QED) is 0.732. The lowest BCUT2D eigenvalue weighted by atomic mass is 10.1. The van der Waals surface area contributed by atoms with E-state index in [9.17, 15) is 9.90 Å². The molecule has 0 spiro atoms. The molecule has 0 aliphatic heterocycles. The lowest BCUT2D eigenvalue weighted by Gasteiger charge is -2.16. The van der Waals surface area contributed by atoms with Crippen LogP contribution in [0, 0.1) is 5.92 Å². The maximum atomic E-state index is 12.6. The standard InChI is InChI=1S/C19H21N5O2/c25-17-11-14(13-24-9-3-5-21-24)10-16(17)22-19(26)15-4-6-20-18(12-15)23-7-1-2-8-23/h1-9,12,14,16-17,25H,10-11,13H2,(H,22,26)/t14?,16-,17-/m1/s1. The first-order chi connectivity index (χ1) is 12.7. The van der Waals surface area contributed by atoms with Crippen LogP contribution in [0.2, 0.25) is 0 Å². The molecular weight excluding hydrogens is 330 g/mol. The number of aliphatic hydroxyl groups excluding tert-OH is 1. The van der Waals surface area contributed by atoms with Gasteiger partial charge in [0.2, 0.25) is 0 Å². The molecule has 1 fully saturated rings. The number of amides is 1. The molecule has 3 aromatic heterocycles. The second kappa shape index (κ2) is 7.13. The summed E-state index contributed by atoms with van der Waals surface area (Å²) in [4.78, 5) is 16.9. The molecule has 0 saturated heterocycles. The van der Waals surface area contributed by atoms with Gasteiger partial charge >= 0.3 is 0 Å². The fourth-order valence-corrected chi connectivity index (χ4v) is 3.54. The minimum Gasteiger partial charge on any atom is -0.391 e. The first-order valence-corrected chi connectivity index (χ1v) is 8.75. The summed E-state index contributed by atoms with van der Waals surface area (Å²) < 4.78 is 3.72. The van der Waals surface area contributed by atoms with Gasteiger partial charge in [0.15, 0.2) is 0 Å². The van der Waals surface area contributed by atoms with Crippen LogP contribution in [0.15, 0.2) is 61.3 Å². The molecule has 1 amide bonds. The summed E-state index contributed by atoms with van der Waals surface area (Å²) in [5.41, 5.74) is 0.534. The van der Waals surface area contributed by atoms with Crippen molar-refractivity contribution in [2.45, 2.75) is 31.5 Å². The van der Waals surface area contributed by atoms with Crippen LogP contribution in [0.4, 0.5) is 0 Å². The number of hydrogen-bond acceptors (Lipinski definition) is 4. The van der Waals surface area contributed by atoms with Crippen molar-refractivity contribution in [3.63, 3.8) is 0 Å². The first kappa shape index (κ1) is 16.5. The van der Waals surface area contributed by atoms with Crippen LogP contribution in [-0.4, -0.2) is 42.5 Å². The summed E-state index contributed by atoms with van der Waals surface area (Å²) in [6.07, 6.45) is 9.91. The number of carbonyl (C=O) groups excluding carboxylic acids is 1. The van der Waals surface area contributed by atoms with Gasteiger partial charge in [-0.15, -0.1) is 0 Å². The Kier molecular flexibility index (Phi) is 4.53. The van der Waals surface area contributed by atoms with E-state index in [0.29, 0.717) is 23.7 Å². The summed E-state index contributed by atoms with van der Waals surface area (Å²) in [5, 5.41) is 17.5. The van der Waals surface area contributed by atoms with Gasteiger partial charge in [-0.1, -0.05) is 0 Å². The Morgan fingerprint density at radius 2 is 2.04 bits per heavy atom. The van der Waals surface area contributed by atoms with E-state index in [-0.39, 0.29) is 11.9 Å². The minimum absolute atomic E-state index is 0.190. The normalized spacial score (nSPS) is 22.4. The molecule has 134 valence electrons. The van der Waals surface area contributed by atoms with Crippen LogP contribution in [0.25, 0.3) is 5.82 Å². The monoisotopic (exact) mass is 351 g/mol. The predicted octanol–water partition coefficient (Wildman–Crippen LogP) is 1.64. The number of nitrogens with one attached hydrogen (secondary N) is 1. The van der Waals surface area contributed by atoms with Crippen LogP contribution in [-0.2, 0) is 6.54 Å². The molecule has 0 aromatic carbocycles. The van der Waals surface area contributed by atoms with Crippen LogP contribution in [0.3, 0.4) is 0 Å². The number of rotatable bonds is 5. The van der Waals surface area contributed by atoms with E-state index < -0.39 is 6.10 Å². The van der Waals surface area contributed by atoms with E-state index in [1.165, 1.54) is 0 Å². The Balaban J connectivity index is 1.41. The molecule has 1 aliphatic carbocycles. The molecule has 1 unspecified atom stereocenters. The maximum Gasteiger partial charge on any atom is 0.251 e. The van der Waals surface area contributed by atoms with Crippen molar-refractivity contribution in [1.82, 2.24) is 24.6 Å². The lowest BCUT2D eigenvalue weighted by Crippen LogP contribution is -2.40. The van der Waals surface area contributed by atoms with E-state index in [1.54, 1.807) is 24.5 Å². The smallest absolute Gasteiger partial charge is 0.251 e. The fourth-order valence-electron chi connectivity index (χ4n) is 3.54. The third-order valence-electron chi connectivity index (χ3n) is 4.82. The Bertz CT molecular complexity index is 860. The second-order valence-corrected chi connectivity index (χ2v) is 6.71. The molecule has 1 aliphatic rings. The highest BCUT2D eigenvalue weighted by atomic mass is 16.3. The first-order valence-electron chi connectivity index (χ1n) is 8.75. The number of aromatic nitrogens is 4. The Hall–Kier alpha value is -2.93. The van der Waals surface area contributed by atoms with Gasteiger partial charge in [0.1, 0.15) is 5.82 Å². The van der Waals surface area contributed by atoms with Crippen molar-refractivity contribution in [3.8, 4) is 5.82 Å². The average molecular weight is 351 g/mol. The zero-order valence-corrected chi connectivity index (χ0v) is 14.3. The molecule has 4 rings (SSSR count). The molecule has 2 N–H and O–H groups in total. The fraction of sp³-hybridized carbons (Fsp3) is 0.316. The van der Waals surface area contributed by atoms with Crippen LogP contribution in [0.5, 0.6) is 0 Å². The van der Waals surface area contributed by atoms with Crippen LogP contribution >= 0.6 is 0 Å². The molecule has 7 nitrogen and oxygen atoms in total. The largest absolute Gasteiger partial charge is 0.391 e. The summed E-state index contributed by atoms with van der Waals surface area (Å²) >= 11 is 0. The number of aliphatic hydroxyl groups is 1. The van der Waals surface area contributed by atoms with Gasteiger partial charge in [-0.25, -0.2) is 4.98 Å². The van der Waals surface area contributed by atoms with Crippen molar-refractivity contribution in [1.29, 1.82) is 0 Å². The molecular formula is C19H21N5O2. The predicted molar refractivity (Wildman–Crippen MR) is 95.8 cm³/mol. The van der Waals surface area contributed by atoms with E-state index >= 15 is 0 Å². The highest BCUT2D eigenvalue weighted by Gasteiger charge is 2.34. The summed E-state index contributed by atoms with van der Waals surface area (Å²) in [6, 6.07) is 8.89. The molecule has 26 heavy (non-hydrogen) atoms. The minimum atomic E-state index is -0.537. The van der Waals surface area contributed by atoms with Gasteiger partial charge in [-0.05, 0) is 49.1 Å². The molecule has 3 atom stereocenters.